The third kappa shape index (κ3) is 1.58. The summed E-state index contributed by atoms with van der Waals surface area (Å²) in [6, 6.07) is 1.78. The number of nitrogens with zero attached hydrogens (tertiary/aromatic N) is 6. The minimum atomic E-state index is 0.276. The lowest BCUT2D eigenvalue weighted by molar-refractivity contribution is 0.643. The zero-order valence-electron chi connectivity index (χ0n) is 6.70. The van der Waals surface area contributed by atoms with Gasteiger partial charge in [-0.2, -0.15) is 0 Å². The summed E-state index contributed by atoms with van der Waals surface area (Å²) in [5.74, 6) is 0.276. The average Bonchev–Trinajstić information content (AvgIpc) is 2.54. The van der Waals surface area contributed by atoms with Crippen molar-refractivity contribution in [2.75, 3.05) is 5.73 Å². The molecular formula is C6H7N7. The zero-order valence-corrected chi connectivity index (χ0v) is 6.70. The normalized spacial score (nSPS) is 10.2. The Kier molecular flexibility index (Phi) is 1.83. The Morgan fingerprint density at radius 3 is 3.00 bits per heavy atom. The maximum absolute atomic E-state index is 5.47. The molecule has 2 aromatic rings. The van der Waals surface area contributed by atoms with Gasteiger partial charge in [0.15, 0.2) is 0 Å². The van der Waals surface area contributed by atoms with Crippen LogP contribution in [0.3, 0.4) is 0 Å². The first-order chi connectivity index (χ1) is 6.36. The molecule has 2 N–H and O–H groups in total. The predicted molar refractivity (Wildman–Crippen MR) is 43.4 cm³/mol. The number of hydrogen-bond donors (Lipinski definition) is 1. The van der Waals surface area contributed by atoms with E-state index in [1.54, 1.807) is 12.3 Å². The van der Waals surface area contributed by atoms with Crippen LogP contribution in [0.5, 0.6) is 0 Å². The van der Waals surface area contributed by atoms with Crippen molar-refractivity contribution in [3.05, 3.63) is 24.3 Å². The van der Waals surface area contributed by atoms with Crippen LogP contribution in [-0.4, -0.2) is 30.2 Å². The molecule has 0 spiro atoms. The van der Waals surface area contributed by atoms with Crippen molar-refractivity contribution in [3.63, 3.8) is 0 Å². The molecule has 2 rings (SSSR count). The Labute approximate surface area is 73.6 Å². The molecule has 7 heteroatoms. The summed E-state index contributed by atoms with van der Waals surface area (Å²) < 4.78 is 1.46. The highest BCUT2D eigenvalue weighted by molar-refractivity contribution is 5.12. The van der Waals surface area contributed by atoms with E-state index in [4.69, 9.17) is 5.73 Å². The number of rotatable bonds is 2. The van der Waals surface area contributed by atoms with E-state index >= 15 is 0 Å². The fourth-order valence-corrected chi connectivity index (χ4v) is 0.889. The van der Waals surface area contributed by atoms with Gasteiger partial charge in [-0.15, -0.1) is 0 Å². The molecule has 0 aromatic carbocycles. The second-order valence-electron chi connectivity index (χ2n) is 2.40. The van der Waals surface area contributed by atoms with Gasteiger partial charge >= 0.3 is 0 Å². The van der Waals surface area contributed by atoms with E-state index in [0.717, 1.165) is 5.69 Å². The molecular weight excluding hydrogens is 170 g/mol. The molecule has 0 saturated carbocycles. The van der Waals surface area contributed by atoms with Gasteiger partial charge in [-0.25, -0.2) is 14.6 Å². The van der Waals surface area contributed by atoms with Crippen molar-refractivity contribution in [2.45, 2.75) is 6.54 Å². The van der Waals surface area contributed by atoms with Gasteiger partial charge in [0.25, 0.3) is 0 Å². The summed E-state index contributed by atoms with van der Waals surface area (Å²) in [7, 11) is 0. The summed E-state index contributed by atoms with van der Waals surface area (Å²) >= 11 is 0. The Morgan fingerprint density at radius 1 is 1.46 bits per heavy atom. The van der Waals surface area contributed by atoms with Crippen LogP contribution in [0.4, 0.5) is 5.95 Å². The van der Waals surface area contributed by atoms with Crippen molar-refractivity contribution in [1.29, 1.82) is 0 Å². The monoisotopic (exact) mass is 177 g/mol. The van der Waals surface area contributed by atoms with Gasteiger partial charge in [0.05, 0.1) is 12.2 Å². The van der Waals surface area contributed by atoms with Crippen molar-refractivity contribution in [3.8, 4) is 0 Å². The standard InChI is InChI=1S/C6H7N7/c7-6-10-11-12-13(6)3-5-1-2-8-4-9-5/h1-2,4H,3H2,(H2,7,10,12). The van der Waals surface area contributed by atoms with Crippen molar-refractivity contribution < 1.29 is 0 Å². The molecule has 2 heterocycles. The highest BCUT2D eigenvalue weighted by Gasteiger charge is 2.01. The molecule has 0 saturated heterocycles. The summed E-state index contributed by atoms with van der Waals surface area (Å²) in [6.07, 6.45) is 3.12. The van der Waals surface area contributed by atoms with E-state index in [2.05, 4.69) is 25.5 Å². The average molecular weight is 177 g/mol. The number of anilines is 1. The van der Waals surface area contributed by atoms with E-state index in [0.29, 0.717) is 6.54 Å². The molecule has 0 aliphatic heterocycles. The van der Waals surface area contributed by atoms with Crippen LogP contribution in [-0.2, 0) is 6.54 Å². The minimum Gasteiger partial charge on any atom is -0.367 e. The largest absolute Gasteiger partial charge is 0.367 e. The quantitative estimate of drug-likeness (QED) is 0.638. The Balaban J connectivity index is 2.20. The molecule has 0 atom stereocenters. The molecule has 13 heavy (non-hydrogen) atoms. The topological polar surface area (TPSA) is 95.4 Å². The van der Waals surface area contributed by atoms with Gasteiger partial charge in [0.2, 0.25) is 5.95 Å². The molecule has 2 aromatic heterocycles. The van der Waals surface area contributed by atoms with Crippen molar-refractivity contribution >= 4 is 5.95 Å². The molecule has 66 valence electrons. The molecule has 0 fully saturated rings. The van der Waals surface area contributed by atoms with Gasteiger partial charge in [0.1, 0.15) is 6.33 Å². The van der Waals surface area contributed by atoms with Crippen LogP contribution < -0.4 is 5.73 Å². The number of tetrazole rings is 1. The summed E-state index contributed by atoms with van der Waals surface area (Å²) in [6.45, 7) is 0.460. The summed E-state index contributed by atoms with van der Waals surface area (Å²) in [5.41, 5.74) is 6.29. The smallest absolute Gasteiger partial charge is 0.240 e. The van der Waals surface area contributed by atoms with E-state index < -0.39 is 0 Å². The number of nitrogen functional groups attached to an aromatic ring is 1. The highest BCUT2D eigenvalue weighted by Crippen LogP contribution is 1.98. The second-order valence-corrected chi connectivity index (χ2v) is 2.40. The third-order valence-electron chi connectivity index (χ3n) is 1.51. The first-order valence-electron chi connectivity index (χ1n) is 3.63. The van der Waals surface area contributed by atoms with Crippen molar-refractivity contribution in [1.82, 2.24) is 30.2 Å². The minimum absolute atomic E-state index is 0.276. The number of nitrogens with two attached hydrogens (primary N) is 1. The Bertz CT molecular complexity index is 381. The van der Waals surface area contributed by atoms with Crippen molar-refractivity contribution in [2.24, 2.45) is 0 Å². The van der Waals surface area contributed by atoms with Gasteiger partial charge in [-0.1, -0.05) is 5.10 Å². The highest BCUT2D eigenvalue weighted by atomic mass is 15.6. The third-order valence-corrected chi connectivity index (χ3v) is 1.51. The van der Waals surface area contributed by atoms with Gasteiger partial charge in [-0.3, -0.25) is 0 Å². The molecule has 0 aliphatic rings. The van der Waals surface area contributed by atoms with E-state index in [-0.39, 0.29) is 5.95 Å². The maximum Gasteiger partial charge on any atom is 0.240 e. The van der Waals surface area contributed by atoms with Gasteiger partial charge in [-0.05, 0) is 16.5 Å². The summed E-state index contributed by atoms with van der Waals surface area (Å²) in [4.78, 5) is 7.81. The second kappa shape index (κ2) is 3.13. The molecule has 0 aliphatic carbocycles. The van der Waals surface area contributed by atoms with Crippen LogP contribution in [0, 0.1) is 0 Å². The van der Waals surface area contributed by atoms with Crippen LogP contribution >= 0.6 is 0 Å². The summed E-state index contributed by atoms with van der Waals surface area (Å²) in [5, 5.41) is 10.6. The fraction of sp³-hybridized carbons (Fsp3) is 0.167. The SMILES string of the molecule is Nc1nnnn1Cc1ccncn1. The molecule has 0 bridgehead atoms. The van der Waals surface area contributed by atoms with Crippen LogP contribution in [0.25, 0.3) is 0 Å². The lowest BCUT2D eigenvalue weighted by Gasteiger charge is -1.98. The first-order valence-corrected chi connectivity index (χ1v) is 3.63. The van der Waals surface area contributed by atoms with Gasteiger partial charge in [0, 0.05) is 6.20 Å². The number of aromatic nitrogens is 6. The van der Waals surface area contributed by atoms with Crippen LogP contribution in [0.2, 0.25) is 0 Å². The fourth-order valence-electron chi connectivity index (χ4n) is 0.889. The van der Waals surface area contributed by atoms with E-state index in [1.807, 2.05) is 0 Å². The first kappa shape index (κ1) is 7.59. The lowest BCUT2D eigenvalue weighted by Crippen LogP contribution is -2.07. The molecule has 0 amide bonds. The van der Waals surface area contributed by atoms with Gasteiger partial charge < -0.3 is 5.73 Å². The predicted octanol–water partition coefficient (Wildman–Crippen LogP) is -0.906. The maximum atomic E-state index is 5.47. The molecule has 0 radical (unpaired) electrons. The Morgan fingerprint density at radius 2 is 2.38 bits per heavy atom. The lowest BCUT2D eigenvalue weighted by atomic mass is 10.4. The van der Waals surface area contributed by atoms with E-state index in [9.17, 15) is 0 Å². The molecule has 0 unspecified atom stereocenters. The molecule has 7 nitrogen and oxygen atoms in total. The Hall–Kier alpha value is -2.05. The van der Waals surface area contributed by atoms with Crippen LogP contribution in [0.1, 0.15) is 5.69 Å². The van der Waals surface area contributed by atoms with E-state index in [1.165, 1.54) is 11.0 Å². The van der Waals surface area contributed by atoms with Crippen LogP contribution in [0.15, 0.2) is 18.6 Å². The zero-order chi connectivity index (χ0) is 9.10. The number of hydrogen-bond acceptors (Lipinski definition) is 6.